The number of nitrogens with two attached hydrogens (primary N) is 1. The maximum Gasteiger partial charge on any atom is 0.0196 e. The van der Waals surface area contributed by atoms with E-state index in [1.807, 2.05) is 0 Å². The van der Waals surface area contributed by atoms with E-state index in [4.69, 9.17) is 5.73 Å². The molecule has 16 heavy (non-hydrogen) atoms. The zero-order chi connectivity index (χ0) is 12.1. The molecule has 1 aliphatic rings. The van der Waals surface area contributed by atoms with Gasteiger partial charge in [0, 0.05) is 18.6 Å². The Morgan fingerprint density at radius 3 is 2.19 bits per heavy atom. The SMILES string of the molecule is CC(C)C(C)N(C)CC(N)C1CCCCC1. The largest absolute Gasteiger partial charge is 0.326 e. The molecule has 0 aromatic heterocycles. The third-order valence-corrected chi connectivity index (χ3v) is 4.41. The first-order chi connectivity index (χ1) is 7.52. The number of hydrogen-bond acceptors (Lipinski definition) is 2. The fourth-order valence-corrected chi connectivity index (χ4v) is 2.72. The van der Waals surface area contributed by atoms with E-state index in [1.54, 1.807) is 0 Å². The smallest absolute Gasteiger partial charge is 0.0196 e. The van der Waals surface area contributed by atoms with Crippen LogP contribution in [0.5, 0.6) is 0 Å². The van der Waals surface area contributed by atoms with E-state index < -0.39 is 0 Å². The number of hydrogen-bond donors (Lipinski definition) is 1. The van der Waals surface area contributed by atoms with E-state index in [0.29, 0.717) is 18.0 Å². The average molecular weight is 226 g/mol. The molecule has 96 valence electrons. The van der Waals surface area contributed by atoms with Gasteiger partial charge in [-0.1, -0.05) is 33.1 Å². The maximum atomic E-state index is 6.35. The zero-order valence-electron chi connectivity index (χ0n) is 11.6. The summed E-state index contributed by atoms with van der Waals surface area (Å²) in [6.07, 6.45) is 6.90. The predicted molar refractivity (Wildman–Crippen MR) is 71.5 cm³/mol. The molecule has 2 unspecified atom stereocenters. The first kappa shape index (κ1) is 14.0. The fraction of sp³-hybridized carbons (Fsp3) is 1.00. The molecule has 2 nitrogen and oxygen atoms in total. The second-order valence-corrected chi connectivity index (χ2v) is 5.99. The topological polar surface area (TPSA) is 29.3 Å². The quantitative estimate of drug-likeness (QED) is 0.781. The Hall–Kier alpha value is -0.0800. The minimum atomic E-state index is 0.381. The van der Waals surface area contributed by atoms with Crippen LogP contribution in [0.15, 0.2) is 0 Å². The minimum absolute atomic E-state index is 0.381. The van der Waals surface area contributed by atoms with E-state index in [2.05, 4.69) is 32.7 Å². The van der Waals surface area contributed by atoms with Crippen molar-refractivity contribution in [2.24, 2.45) is 17.6 Å². The number of nitrogens with zero attached hydrogens (tertiary/aromatic N) is 1. The van der Waals surface area contributed by atoms with Gasteiger partial charge in [0.25, 0.3) is 0 Å². The van der Waals surface area contributed by atoms with Gasteiger partial charge in [-0.15, -0.1) is 0 Å². The van der Waals surface area contributed by atoms with Crippen molar-refractivity contribution in [1.29, 1.82) is 0 Å². The van der Waals surface area contributed by atoms with E-state index in [0.717, 1.165) is 12.5 Å². The molecule has 1 rings (SSSR count). The van der Waals surface area contributed by atoms with Crippen molar-refractivity contribution in [3.05, 3.63) is 0 Å². The van der Waals surface area contributed by atoms with Gasteiger partial charge in [-0.25, -0.2) is 0 Å². The molecule has 0 spiro atoms. The van der Waals surface area contributed by atoms with Crippen LogP contribution in [-0.2, 0) is 0 Å². The van der Waals surface area contributed by atoms with Crippen molar-refractivity contribution >= 4 is 0 Å². The van der Waals surface area contributed by atoms with Crippen LogP contribution in [0.25, 0.3) is 0 Å². The van der Waals surface area contributed by atoms with Crippen molar-refractivity contribution in [1.82, 2.24) is 4.90 Å². The molecular weight excluding hydrogens is 196 g/mol. The molecule has 2 heteroatoms. The van der Waals surface area contributed by atoms with Gasteiger partial charge >= 0.3 is 0 Å². The van der Waals surface area contributed by atoms with Gasteiger partial charge in [0.15, 0.2) is 0 Å². The molecule has 2 N–H and O–H groups in total. The fourth-order valence-electron chi connectivity index (χ4n) is 2.72. The Balaban J connectivity index is 2.34. The van der Waals surface area contributed by atoms with Crippen LogP contribution in [0.4, 0.5) is 0 Å². The Morgan fingerprint density at radius 1 is 1.12 bits per heavy atom. The van der Waals surface area contributed by atoms with E-state index in [9.17, 15) is 0 Å². The van der Waals surface area contributed by atoms with Crippen LogP contribution in [-0.4, -0.2) is 30.6 Å². The van der Waals surface area contributed by atoms with E-state index in [1.165, 1.54) is 32.1 Å². The summed E-state index contributed by atoms with van der Waals surface area (Å²) in [6, 6.07) is 1.01. The van der Waals surface area contributed by atoms with E-state index in [-0.39, 0.29) is 0 Å². The number of rotatable bonds is 5. The van der Waals surface area contributed by atoms with Crippen molar-refractivity contribution in [2.75, 3.05) is 13.6 Å². The molecule has 1 fully saturated rings. The summed E-state index contributed by atoms with van der Waals surface area (Å²) in [6.45, 7) is 7.93. The van der Waals surface area contributed by atoms with Crippen LogP contribution in [0, 0.1) is 11.8 Å². The molecule has 1 aliphatic carbocycles. The molecule has 0 heterocycles. The van der Waals surface area contributed by atoms with Gasteiger partial charge in [0.2, 0.25) is 0 Å². The van der Waals surface area contributed by atoms with Crippen LogP contribution < -0.4 is 5.73 Å². The zero-order valence-corrected chi connectivity index (χ0v) is 11.6. The average Bonchev–Trinajstić information content (AvgIpc) is 2.28. The highest BCUT2D eigenvalue weighted by atomic mass is 15.1. The van der Waals surface area contributed by atoms with Gasteiger partial charge < -0.3 is 10.6 Å². The molecule has 0 amide bonds. The number of likely N-dealkylation sites (N-methyl/N-ethyl adjacent to an activating group) is 1. The summed E-state index contributed by atoms with van der Waals surface area (Å²) in [7, 11) is 2.22. The highest BCUT2D eigenvalue weighted by Gasteiger charge is 2.23. The van der Waals surface area contributed by atoms with Gasteiger partial charge in [0.05, 0.1) is 0 Å². The van der Waals surface area contributed by atoms with Crippen molar-refractivity contribution < 1.29 is 0 Å². The molecule has 0 bridgehead atoms. The summed E-state index contributed by atoms with van der Waals surface area (Å²) in [5.41, 5.74) is 6.35. The maximum absolute atomic E-state index is 6.35. The molecule has 0 radical (unpaired) electrons. The van der Waals surface area contributed by atoms with Crippen molar-refractivity contribution in [3.63, 3.8) is 0 Å². The third-order valence-electron chi connectivity index (χ3n) is 4.41. The molecule has 0 aromatic carbocycles. The first-order valence-corrected chi connectivity index (χ1v) is 6.98. The van der Waals surface area contributed by atoms with Crippen molar-refractivity contribution in [3.8, 4) is 0 Å². The highest BCUT2D eigenvalue weighted by molar-refractivity contribution is 4.80. The molecule has 1 saturated carbocycles. The second kappa shape index (κ2) is 6.61. The Labute approximate surface area is 102 Å². The third kappa shape index (κ3) is 4.06. The van der Waals surface area contributed by atoms with Crippen LogP contribution >= 0.6 is 0 Å². The van der Waals surface area contributed by atoms with Crippen molar-refractivity contribution in [2.45, 2.75) is 65.0 Å². The standard InChI is InChI=1S/C14H30N2/c1-11(2)12(3)16(4)10-14(15)13-8-6-5-7-9-13/h11-14H,5-10,15H2,1-4H3. The van der Waals surface area contributed by atoms with Gasteiger partial charge in [0.1, 0.15) is 0 Å². The summed E-state index contributed by atoms with van der Waals surface area (Å²) >= 11 is 0. The summed E-state index contributed by atoms with van der Waals surface area (Å²) in [5, 5.41) is 0. The van der Waals surface area contributed by atoms with Crippen LogP contribution in [0.1, 0.15) is 52.9 Å². The van der Waals surface area contributed by atoms with Gasteiger partial charge in [-0.2, -0.15) is 0 Å². The lowest BCUT2D eigenvalue weighted by molar-refractivity contribution is 0.168. The molecule has 0 aromatic rings. The lowest BCUT2D eigenvalue weighted by Gasteiger charge is -2.34. The molecular formula is C14H30N2. The Kier molecular flexibility index (Phi) is 5.77. The van der Waals surface area contributed by atoms with Gasteiger partial charge in [-0.3, -0.25) is 0 Å². The highest BCUT2D eigenvalue weighted by Crippen LogP contribution is 2.26. The minimum Gasteiger partial charge on any atom is -0.326 e. The molecule has 0 saturated heterocycles. The monoisotopic (exact) mass is 226 g/mol. The predicted octanol–water partition coefficient (Wildman–Crippen LogP) is 2.87. The first-order valence-electron chi connectivity index (χ1n) is 6.98. The molecule has 0 aliphatic heterocycles. The van der Waals surface area contributed by atoms with E-state index >= 15 is 0 Å². The Bertz CT molecular complexity index is 185. The normalized spacial score (nSPS) is 22.7. The second-order valence-electron chi connectivity index (χ2n) is 5.99. The van der Waals surface area contributed by atoms with Crippen LogP contribution in [0.2, 0.25) is 0 Å². The summed E-state index contributed by atoms with van der Waals surface area (Å²) < 4.78 is 0. The summed E-state index contributed by atoms with van der Waals surface area (Å²) in [4.78, 5) is 2.43. The van der Waals surface area contributed by atoms with Gasteiger partial charge in [-0.05, 0) is 38.6 Å². The summed E-state index contributed by atoms with van der Waals surface area (Å²) in [5.74, 6) is 1.49. The lowest BCUT2D eigenvalue weighted by Crippen LogP contribution is -2.45. The molecule has 2 atom stereocenters. The van der Waals surface area contributed by atoms with Crippen LogP contribution in [0.3, 0.4) is 0 Å². The lowest BCUT2D eigenvalue weighted by atomic mass is 9.84. The Morgan fingerprint density at radius 2 is 1.69 bits per heavy atom.